The Morgan fingerprint density at radius 3 is 2.15 bits per heavy atom. The van der Waals surface area contributed by atoms with E-state index >= 15 is 0 Å². The van der Waals surface area contributed by atoms with Crippen LogP contribution in [0.1, 0.15) is 28.7 Å². The van der Waals surface area contributed by atoms with Crippen molar-refractivity contribution < 1.29 is 4.74 Å². The van der Waals surface area contributed by atoms with Crippen molar-refractivity contribution in [1.29, 1.82) is 0 Å². The average molecular weight is 360 g/mol. The Hall–Kier alpha value is -2.58. The zero-order valence-electron chi connectivity index (χ0n) is 16.4. The third-order valence-electron chi connectivity index (χ3n) is 4.84. The van der Waals surface area contributed by atoms with Gasteiger partial charge in [0.05, 0.1) is 7.11 Å². The molecule has 3 aromatic rings. The minimum absolute atomic E-state index is 0.910. The molecule has 0 aliphatic heterocycles. The van der Waals surface area contributed by atoms with E-state index in [1.165, 1.54) is 22.3 Å². The SMILES string of the molecule is COc1ccc(CN(CCCc2ccccc2)Cc2cccc(C)c2)cc1. The molecule has 27 heavy (non-hydrogen) atoms. The van der Waals surface area contributed by atoms with Crippen LogP contribution in [-0.2, 0) is 19.5 Å². The number of hydrogen-bond donors (Lipinski definition) is 0. The van der Waals surface area contributed by atoms with Crippen LogP contribution in [0.4, 0.5) is 0 Å². The van der Waals surface area contributed by atoms with Gasteiger partial charge in [-0.2, -0.15) is 0 Å². The molecule has 0 saturated heterocycles. The van der Waals surface area contributed by atoms with Crippen LogP contribution in [0.2, 0.25) is 0 Å². The van der Waals surface area contributed by atoms with Crippen molar-refractivity contribution in [3.05, 3.63) is 101 Å². The summed E-state index contributed by atoms with van der Waals surface area (Å²) in [7, 11) is 1.71. The Labute approximate surface area is 163 Å². The van der Waals surface area contributed by atoms with Gasteiger partial charge >= 0.3 is 0 Å². The number of rotatable bonds is 9. The summed E-state index contributed by atoms with van der Waals surface area (Å²) in [5.74, 6) is 0.910. The zero-order chi connectivity index (χ0) is 18.9. The number of aryl methyl sites for hydroxylation is 2. The molecule has 0 N–H and O–H groups in total. The molecule has 3 rings (SSSR count). The van der Waals surface area contributed by atoms with E-state index in [2.05, 4.69) is 78.6 Å². The van der Waals surface area contributed by atoms with Crippen LogP contribution >= 0.6 is 0 Å². The molecule has 140 valence electrons. The quantitative estimate of drug-likeness (QED) is 0.490. The van der Waals surface area contributed by atoms with Crippen molar-refractivity contribution >= 4 is 0 Å². The van der Waals surface area contributed by atoms with E-state index in [1.54, 1.807) is 7.11 Å². The fourth-order valence-corrected chi connectivity index (χ4v) is 3.42. The first-order valence-corrected chi connectivity index (χ1v) is 9.68. The van der Waals surface area contributed by atoms with Crippen LogP contribution in [0, 0.1) is 6.92 Å². The fourth-order valence-electron chi connectivity index (χ4n) is 3.42. The smallest absolute Gasteiger partial charge is 0.118 e. The normalized spacial score (nSPS) is 10.9. The maximum Gasteiger partial charge on any atom is 0.118 e. The molecule has 0 amide bonds. The Kier molecular flexibility index (Phi) is 7.06. The van der Waals surface area contributed by atoms with Crippen molar-refractivity contribution in [2.24, 2.45) is 0 Å². The van der Waals surface area contributed by atoms with E-state index in [0.717, 1.165) is 38.2 Å². The number of ether oxygens (including phenoxy) is 1. The van der Waals surface area contributed by atoms with E-state index in [1.807, 2.05) is 12.1 Å². The lowest BCUT2D eigenvalue weighted by Gasteiger charge is -2.23. The molecule has 0 fully saturated rings. The Morgan fingerprint density at radius 2 is 1.44 bits per heavy atom. The predicted octanol–water partition coefficient (Wildman–Crippen LogP) is 5.64. The number of benzene rings is 3. The zero-order valence-corrected chi connectivity index (χ0v) is 16.4. The second kappa shape index (κ2) is 9.94. The van der Waals surface area contributed by atoms with Gasteiger partial charge < -0.3 is 4.74 Å². The maximum atomic E-state index is 5.28. The minimum atomic E-state index is 0.910. The third-order valence-corrected chi connectivity index (χ3v) is 4.84. The summed E-state index contributed by atoms with van der Waals surface area (Å²) in [6.07, 6.45) is 2.28. The average Bonchev–Trinajstić information content (AvgIpc) is 2.69. The van der Waals surface area contributed by atoms with E-state index in [-0.39, 0.29) is 0 Å². The summed E-state index contributed by atoms with van der Waals surface area (Å²) in [6, 6.07) is 28.0. The molecule has 0 heterocycles. The van der Waals surface area contributed by atoms with Gasteiger partial charge in [0.15, 0.2) is 0 Å². The molecule has 0 aliphatic rings. The van der Waals surface area contributed by atoms with Crippen molar-refractivity contribution in [2.75, 3.05) is 13.7 Å². The van der Waals surface area contributed by atoms with Gasteiger partial charge in [0, 0.05) is 13.1 Å². The summed E-state index contributed by atoms with van der Waals surface area (Å²) >= 11 is 0. The highest BCUT2D eigenvalue weighted by Gasteiger charge is 2.08. The first-order chi connectivity index (χ1) is 13.2. The van der Waals surface area contributed by atoms with Crippen LogP contribution in [0.25, 0.3) is 0 Å². The fraction of sp³-hybridized carbons (Fsp3) is 0.280. The van der Waals surface area contributed by atoms with Gasteiger partial charge in [-0.3, -0.25) is 4.90 Å². The van der Waals surface area contributed by atoms with Gasteiger partial charge in [-0.15, -0.1) is 0 Å². The van der Waals surface area contributed by atoms with Crippen LogP contribution < -0.4 is 4.74 Å². The van der Waals surface area contributed by atoms with E-state index in [0.29, 0.717) is 0 Å². The standard InChI is InChI=1S/C25H29NO/c1-21-8-6-11-24(18-21)20-26(17-7-12-22-9-4-3-5-10-22)19-23-13-15-25(27-2)16-14-23/h3-6,8-11,13-16,18H,7,12,17,19-20H2,1-2H3. The molecule has 2 heteroatoms. The van der Waals surface area contributed by atoms with E-state index in [9.17, 15) is 0 Å². The molecule has 0 aliphatic carbocycles. The third kappa shape index (κ3) is 6.26. The van der Waals surface area contributed by atoms with Gasteiger partial charge in [-0.25, -0.2) is 0 Å². The van der Waals surface area contributed by atoms with Gasteiger partial charge in [-0.05, 0) is 55.1 Å². The molecular weight excluding hydrogens is 330 g/mol. The highest BCUT2D eigenvalue weighted by Crippen LogP contribution is 2.16. The number of methoxy groups -OCH3 is 1. The summed E-state index contributed by atoms with van der Waals surface area (Å²) in [6.45, 7) is 5.16. The van der Waals surface area contributed by atoms with Crippen LogP contribution in [0.5, 0.6) is 5.75 Å². The molecule has 2 nitrogen and oxygen atoms in total. The van der Waals surface area contributed by atoms with Crippen molar-refractivity contribution in [3.8, 4) is 5.75 Å². The highest BCUT2D eigenvalue weighted by atomic mass is 16.5. The second-order valence-corrected chi connectivity index (χ2v) is 7.14. The van der Waals surface area contributed by atoms with Crippen LogP contribution in [-0.4, -0.2) is 18.6 Å². The topological polar surface area (TPSA) is 12.5 Å². The number of nitrogens with zero attached hydrogens (tertiary/aromatic N) is 1. The van der Waals surface area contributed by atoms with E-state index in [4.69, 9.17) is 4.74 Å². The Balaban J connectivity index is 1.65. The molecule has 0 bridgehead atoms. The second-order valence-electron chi connectivity index (χ2n) is 7.14. The van der Waals surface area contributed by atoms with Crippen molar-refractivity contribution in [1.82, 2.24) is 4.90 Å². The maximum absolute atomic E-state index is 5.28. The first kappa shape index (κ1) is 19.2. The molecule has 0 aromatic heterocycles. The van der Waals surface area contributed by atoms with Crippen LogP contribution in [0.3, 0.4) is 0 Å². The van der Waals surface area contributed by atoms with Crippen LogP contribution in [0.15, 0.2) is 78.9 Å². The molecule has 0 spiro atoms. The number of hydrogen-bond acceptors (Lipinski definition) is 2. The minimum Gasteiger partial charge on any atom is -0.497 e. The summed E-state index contributed by atoms with van der Waals surface area (Å²) in [5, 5.41) is 0. The van der Waals surface area contributed by atoms with Crippen molar-refractivity contribution in [3.63, 3.8) is 0 Å². The first-order valence-electron chi connectivity index (χ1n) is 9.68. The molecule has 3 aromatic carbocycles. The molecule has 0 unspecified atom stereocenters. The largest absolute Gasteiger partial charge is 0.497 e. The lowest BCUT2D eigenvalue weighted by atomic mass is 10.1. The van der Waals surface area contributed by atoms with Gasteiger partial charge in [0.25, 0.3) is 0 Å². The lowest BCUT2D eigenvalue weighted by molar-refractivity contribution is 0.253. The van der Waals surface area contributed by atoms with Gasteiger partial charge in [-0.1, -0.05) is 72.3 Å². The highest BCUT2D eigenvalue weighted by molar-refractivity contribution is 5.27. The van der Waals surface area contributed by atoms with Gasteiger partial charge in [0.2, 0.25) is 0 Å². The van der Waals surface area contributed by atoms with Crippen molar-refractivity contribution in [2.45, 2.75) is 32.9 Å². The Bertz CT molecular complexity index is 811. The predicted molar refractivity (Wildman–Crippen MR) is 113 cm³/mol. The Morgan fingerprint density at radius 1 is 0.741 bits per heavy atom. The molecule has 0 atom stereocenters. The molecule has 0 radical (unpaired) electrons. The lowest BCUT2D eigenvalue weighted by Crippen LogP contribution is -2.24. The molecular formula is C25H29NO. The monoisotopic (exact) mass is 359 g/mol. The summed E-state index contributed by atoms with van der Waals surface area (Å²) in [4.78, 5) is 2.54. The van der Waals surface area contributed by atoms with E-state index < -0.39 is 0 Å². The molecule has 0 saturated carbocycles. The van der Waals surface area contributed by atoms with Gasteiger partial charge in [0.1, 0.15) is 5.75 Å². The summed E-state index contributed by atoms with van der Waals surface area (Å²) in [5.41, 5.74) is 5.44. The summed E-state index contributed by atoms with van der Waals surface area (Å²) < 4.78 is 5.28.